The Kier molecular flexibility index (Phi) is 2.87. The van der Waals surface area contributed by atoms with Crippen molar-refractivity contribution in [3.8, 4) is 0 Å². The maximum atomic E-state index is 11.4. The van der Waals surface area contributed by atoms with Crippen molar-refractivity contribution in [3.63, 3.8) is 0 Å². The van der Waals surface area contributed by atoms with Gasteiger partial charge >= 0.3 is 0 Å². The molecule has 0 radical (unpaired) electrons. The molecular formula is C13H12N2O2. The quantitative estimate of drug-likeness (QED) is 0.739. The van der Waals surface area contributed by atoms with Gasteiger partial charge in [-0.3, -0.25) is 14.6 Å². The minimum absolute atomic E-state index is 0.0537. The highest BCUT2D eigenvalue weighted by Crippen LogP contribution is 2.26. The minimum Gasteiger partial charge on any atom is -0.315 e. The molecule has 0 aliphatic rings. The molecule has 0 saturated carbocycles. The molecule has 0 spiro atoms. The number of carbonyl (C=O) groups excluding carboxylic acids is 2. The number of hydrogen-bond donors (Lipinski definition) is 0. The van der Waals surface area contributed by atoms with Gasteiger partial charge < -0.3 is 4.90 Å². The van der Waals surface area contributed by atoms with Gasteiger partial charge in [0, 0.05) is 30.9 Å². The third-order valence-electron chi connectivity index (χ3n) is 2.76. The zero-order valence-electron chi connectivity index (χ0n) is 9.68. The first-order valence-corrected chi connectivity index (χ1v) is 5.22. The van der Waals surface area contributed by atoms with Gasteiger partial charge in [-0.2, -0.15) is 0 Å². The maximum Gasteiger partial charge on any atom is 0.223 e. The number of anilines is 1. The lowest BCUT2D eigenvalue weighted by atomic mass is 10.1. The third kappa shape index (κ3) is 1.89. The Bertz CT molecular complexity index is 593. The molecule has 0 aliphatic carbocycles. The van der Waals surface area contributed by atoms with Gasteiger partial charge in [0.15, 0.2) is 6.29 Å². The summed E-state index contributed by atoms with van der Waals surface area (Å²) in [6, 6.07) is 7.28. The van der Waals surface area contributed by atoms with E-state index in [-0.39, 0.29) is 5.91 Å². The first kappa shape index (κ1) is 11.3. The normalized spacial score (nSPS) is 10.2. The first-order valence-electron chi connectivity index (χ1n) is 5.22. The van der Waals surface area contributed by atoms with E-state index in [1.807, 2.05) is 18.2 Å². The van der Waals surface area contributed by atoms with Crippen LogP contribution in [-0.4, -0.2) is 24.2 Å². The summed E-state index contributed by atoms with van der Waals surface area (Å²) in [5, 5.41) is 1.61. The summed E-state index contributed by atoms with van der Waals surface area (Å²) in [5.74, 6) is -0.0537. The number of benzene rings is 1. The van der Waals surface area contributed by atoms with Crippen LogP contribution < -0.4 is 4.90 Å². The van der Waals surface area contributed by atoms with Gasteiger partial charge in [0.05, 0.1) is 5.69 Å². The molecule has 0 N–H and O–H groups in total. The van der Waals surface area contributed by atoms with Crippen molar-refractivity contribution in [2.75, 3.05) is 11.9 Å². The van der Waals surface area contributed by atoms with E-state index in [0.717, 1.165) is 22.7 Å². The van der Waals surface area contributed by atoms with Crippen LogP contribution in [0.15, 0.2) is 30.5 Å². The fourth-order valence-electron chi connectivity index (χ4n) is 1.77. The third-order valence-corrected chi connectivity index (χ3v) is 2.76. The second-order valence-corrected chi connectivity index (χ2v) is 3.76. The molecule has 0 bridgehead atoms. The summed E-state index contributed by atoms with van der Waals surface area (Å²) in [4.78, 5) is 27.8. The Labute approximate surface area is 98.9 Å². The molecule has 0 aliphatic heterocycles. The molecule has 0 saturated heterocycles. The first-order chi connectivity index (χ1) is 8.15. The van der Waals surface area contributed by atoms with Gasteiger partial charge in [-0.15, -0.1) is 0 Å². The number of nitrogens with zero attached hydrogens (tertiary/aromatic N) is 2. The average Bonchev–Trinajstić information content (AvgIpc) is 2.36. The van der Waals surface area contributed by atoms with E-state index >= 15 is 0 Å². The van der Waals surface area contributed by atoms with Gasteiger partial charge in [-0.1, -0.05) is 12.1 Å². The van der Waals surface area contributed by atoms with Gasteiger partial charge in [0.25, 0.3) is 0 Å². The number of carbonyl (C=O) groups is 2. The van der Waals surface area contributed by atoms with Crippen LogP contribution in [-0.2, 0) is 4.79 Å². The van der Waals surface area contributed by atoms with Gasteiger partial charge in [-0.25, -0.2) is 0 Å². The summed E-state index contributed by atoms with van der Waals surface area (Å²) in [6.07, 6.45) is 2.30. The number of rotatable bonds is 2. The van der Waals surface area contributed by atoms with Crippen molar-refractivity contribution in [1.29, 1.82) is 0 Å². The SMILES string of the molecule is CC(=O)N(C)c1cccc2c(C=O)nccc12. The van der Waals surface area contributed by atoms with Gasteiger partial charge in [0.1, 0.15) is 5.69 Å². The molecule has 1 aromatic heterocycles. The van der Waals surface area contributed by atoms with Gasteiger partial charge in [0.2, 0.25) is 5.91 Å². The lowest BCUT2D eigenvalue weighted by molar-refractivity contribution is -0.116. The number of hydrogen-bond acceptors (Lipinski definition) is 3. The van der Waals surface area contributed by atoms with E-state index in [1.165, 1.54) is 6.92 Å². The zero-order chi connectivity index (χ0) is 12.4. The molecule has 0 atom stereocenters. The second kappa shape index (κ2) is 4.33. The molecule has 2 rings (SSSR count). The van der Waals surface area contributed by atoms with E-state index in [2.05, 4.69) is 4.98 Å². The fourth-order valence-corrected chi connectivity index (χ4v) is 1.77. The van der Waals surface area contributed by atoms with Crippen LogP contribution >= 0.6 is 0 Å². The monoisotopic (exact) mass is 228 g/mol. The topological polar surface area (TPSA) is 50.3 Å². The van der Waals surface area contributed by atoms with Crippen LogP contribution in [0, 0.1) is 0 Å². The van der Waals surface area contributed by atoms with Crippen LogP contribution in [0.3, 0.4) is 0 Å². The fraction of sp³-hybridized carbons (Fsp3) is 0.154. The number of aromatic nitrogens is 1. The summed E-state index contributed by atoms with van der Waals surface area (Å²) < 4.78 is 0. The summed E-state index contributed by atoms with van der Waals surface area (Å²) >= 11 is 0. The van der Waals surface area contributed by atoms with Crippen molar-refractivity contribution >= 4 is 28.7 Å². The molecule has 86 valence electrons. The van der Waals surface area contributed by atoms with E-state index in [4.69, 9.17) is 0 Å². The molecule has 4 nitrogen and oxygen atoms in total. The van der Waals surface area contributed by atoms with Crippen molar-refractivity contribution in [1.82, 2.24) is 4.98 Å². The molecule has 17 heavy (non-hydrogen) atoms. The molecule has 1 aromatic carbocycles. The zero-order valence-corrected chi connectivity index (χ0v) is 9.68. The molecule has 1 amide bonds. The van der Waals surface area contributed by atoms with Crippen molar-refractivity contribution in [2.45, 2.75) is 6.92 Å². The van der Waals surface area contributed by atoms with Crippen LogP contribution in [0.2, 0.25) is 0 Å². The summed E-state index contributed by atoms with van der Waals surface area (Å²) in [5.41, 5.74) is 1.17. The highest BCUT2D eigenvalue weighted by molar-refractivity contribution is 6.06. The summed E-state index contributed by atoms with van der Waals surface area (Å²) in [7, 11) is 1.71. The number of aldehydes is 1. The Hall–Kier alpha value is -2.23. The Morgan fingerprint density at radius 3 is 2.71 bits per heavy atom. The number of pyridine rings is 1. The van der Waals surface area contributed by atoms with Crippen LogP contribution in [0.4, 0.5) is 5.69 Å². The molecular weight excluding hydrogens is 216 g/mol. The van der Waals surface area contributed by atoms with E-state index < -0.39 is 0 Å². The molecule has 0 fully saturated rings. The van der Waals surface area contributed by atoms with Crippen LogP contribution in [0.1, 0.15) is 17.4 Å². The Morgan fingerprint density at radius 2 is 2.06 bits per heavy atom. The summed E-state index contributed by atoms with van der Waals surface area (Å²) in [6.45, 7) is 1.50. The number of fused-ring (bicyclic) bond motifs is 1. The molecule has 4 heteroatoms. The predicted octanol–water partition coefficient (Wildman–Crippen LogP) is 2.03. The van der Waals surface area contributed by atoms with E-state index in [9.17, 15) is 9.59 Å². The molecule has 1 heterocycles. The van der Waals surface area contributed by atoms with Crippen LogP contribution in [0.5, 0.6) is 0 Å². The Balaban J connectivity index is 2.74. The maximum absolute atomic E-state index is 11.4. The highest BCUT2D eigenvalue weighted by Gasteiger charge is 2.11. The predicted molar refractivity (Wildman–Crippen MR) is 66.2 cm³/mol. The van der Waals surface area contributed by atoms with Crippen molar-refractivity contribution in [3.05, 3.63) is 36.2 Å². The largest absolute Gasteiger partial charge is 0.315 e. The average molecular weight is 228 g/mol. The van der Waals surface area contributed by atoms with Crippen LogP contribution in [0.25, 0.3) is 10.8 Å². The Morgan fingerprint density at radius 1 is 1.29 bits per heavy atom. The number of amides is 1. The van der Waals surface area contributed by atoms with Gasteiger partial charge in [-0.05, 0) is 12.1 Å². The van der Waals surface area contributed by atoms with Crippen molar-refractivity contribution in [2.24, 2.45) is 0 Å². The standard InChI is InChI=1S/C13H12N2O2/c1-9(17)15(2)13-5-3-4-10-11(13)6-7-14-12(10)8-16/h3-8H,1-2H3. The van der Waals surface area contributed by atoms with E-state index in [1.54, 1.807) is 24.2 Å². The molecule has 0 unspecified atom stereocenters. The molecule has 2 aromatic rings. The minimum atomic E-state index is -0.0537. The lowest BCUT2D eigenvalue weighted by Crippen LogP contribution is -2.23. The lowest BCUT2D eigenvalue weighted by Gasteiger charge is -2.17. The smallest absolute Gasteiger partial charge is 0.223 e. The highest BCUT2D eigenvalue weighted by atomic mass is 16.2. The van der Waals surface area contributed by atoms with E-state index in [0.29, 0.717) is 5.69 Å². The van der Waals surface area contributed by atoms with Crippen molar-refractivity contribution < 1.29 is 9.59 Å². The second-order valence-electron chi connectivity index (χ2n) is 3.76.